The van der Waals surface area contributed by atoms with E-state index in [1.165, 1.54) is 17.1 Å². The average molecular weight is 271 g/mol. The largest absolute Gasteiger partial charge is 0.368 e. The summed E-state index contributed by atoms with van der Waals surface area (Å²) in [6, 6.07) is 8.61. The van der Waals surface area contributed by atoms with Gasteiger partial charge in [-0.25, -0.2) is 4.98 Å². The molecule has 0 bridgehead atoms. The van der Waals surface area contributed by atoms with Crippen LogP contribution in [0.3, 0.4) is 0 Å². The summed E-state index contributed by atoms with van der Waals surface area (Å²) in [5.41, 5.74) is 2.32. The van der Waals surface area contributed by atoms with Crippen LogP contribution in [0.25, 0.3) is 5.69 Å². The number of hydrogen-bond acceptors (Lipinski definition) is 5. The van der Waals surface area contributed by atoms with Crippen LogP contribution in [0.4, 0.5) is 5.00 Å². The maximum Gasteiger partial charge on any atom is 0.130 e. The fourth-order valence-electron chi connectivity index (χ4n) is 1.87. The molecule has 0 aliphatic carbocycles. The molecule has 0 fully saturated rings. The molecule has 1 atom stereocenters. The van der Waals surface area contributed by atoms with Crippen LogP contribution in [0.1, 0.15) is 18.5 Å². The van der Waals surface area contributed by atoms with Crippen LogP contribution in [-0.4, -0.2) is 19.1 Å². The number of benzene rings is 1. The molecule has 96 valence electrons. The second kappa shape index (κ2) is 5.19. The molecule has 3 rings (SSSR count). The van der Waals surface area contributed by atoms with Crippen LogP contribution in [-0.2, 0) is 0 Å². The van der Waals surface area contributed by atoms with Gasteiger partial charge in [0.1, 0.15) is 5.00 Å². The number of anilines is 1. The molecule has 2 heterocycles. The first kappa shape index (κ1) is 11.9. The van der Waals surface area contributed by atoms with Gasteiger partial charge < -0.3 is 9.88 Å². The SMILES string of the molecule is CC(Nc1cnns1)c1ccc(-n2ccnc2)cc1. The Balaban J connectivity index is 1.75. The van der Waals surface area contributed by atoms with Crippen molar-refractivity contribution in [1.29, 1.82) is 0 Å². The maximum atomic E-state index is 4.04. The van der Waals surface area contributed by atoms with Crippen LogP contribution in [0.5, 0.6) is 0 Å². The normalized spacial score (nSPS) is 12.3. The van der Waals surface area contributed by atoms with E-state index in [1.807, 2.05) is 10.8 Å². The monoisotopic (exact) mass is 271 g/mol. The minimum absolute atomic E-state index is 0.221. The van der Waals surface area contributed by atoms with Crippen molar-refractivity contribution >= 4 is 16.5 Å². The van der Waals surface area contributed by atoms with Crippen LogP contribution in [0.2, 0.25) is 0 Å². The zero-order chi connectivity index (χ0) is 13.1. The molecule has 19 heavy (non-hydrogen) atoms. The Morgan fingerprint density at radius 3 is 2.74 bits per heavy atom. The molecule has 1 N–H and O–H groups in total. The summed E-state index contributed by atoms with van der Waals surface area (Å²) in [7, 11) is 0. The fraction of sp³-hybridized carbons (Fsp3) is 0.154. The Morgan fingerprint density at radius 2 is 2.11 bits per heavy atom. The Morgan fingerprint density at radius 1 is 1.26 bits per heavy atom. The first-order valence-electron chi connectivity index (χ1n) is 5.95. The van der Waals surface area contributed by atoms with Gasteiger partial charge >= 0.3 is 0 Å². The second-order valence-corrected chi connectivity index (χ2v) is 4.99. The molecule has 0 spiro atoms. The Hall–Kier alpha value is -2.21. The third-order valence-corrected chi connectivity index (χ3v) is 3.51. The summed E-state index contributed by atoms with van der Waals surface area (Å²) < 4.78 is 5.82. The van der Waals surface area contributed by atoms with Crippen molar-refractivity contribution in [3.8, 4) is 5.69 Å². The molecule has 0 radical (unpaired) electrons. The molecule has 1 unspecified atom stereocenters. The molecule has 0 aliphatic heterocycles. The number of rotatable bonds is 4. The van der Waals surface area contributed by atoms with Gasteiger partial charge in [0.25, 0.3) is 0 Å². The van der Waals surface area contributed by atoms with Crippen molar-refractivity contribution in [1.82, 2.24) is 19.1 Å². The van der Waals surface area contributed by atoms with Crippen molar-refractivity contribution in [2.24, 2.45) is 0 Å². The van der Waals surface area contributed by atoms with Gasteiger partial charge in [0.2, 0.25) is 0 Å². The molecule has 6 heteroatoms. The lowest BCUT2D eigenvalue weighted by Crippen LogP contribution is -2.05. The first-order valence-corrected chi connectivity index (χ1v) is 6.72. The predicted molar refractivity (Wildman–Crippen MR) is 75.5 cm³/mol. The van der Waals surface area contributed by atoms with Crippen LogP contribution in [0.15, 0.2) is 49.2 Å². The van der Waals surface area contributed by atoms with Crippen LogP contribution < -0.4 is 5.32 Å². The molecule has 3 aromatic rings. The van der Waals surface area contributed by atoms with E-state index in [0.717, 1.165) is 10.7 Å². The van der Waals surface area contributed by atoms with E-state index in [4.69, 9.17) is 0 Å². The van der Waals surface area contributed by atoms with E-state index < -0.39 is 0 Å². The van der Waals surface area contributed by atoms with Crippen molar-refractivity contribution in [2.45, 2.75) is 13.0 Å². The van der Waals surface area contributed by atoms with E-state index in [-0.39, 0.29) is 6.04 Å². The topological polar surface area (TPSA) is 55.6 Å². The van der Waals surface area contributed by atoms with E-state index in [1.54, 1.807) is 18.7 Å². The van der Waals surface area contributed by atoms with E-state index >= 15 is 0 Å². The summed E-state index contributed by atoms with van der Waals surface area (Å²) in [6.07, 6.45) is 7.23. The van der Waals surface area contributed by atoms with Gasteiger partial charge in [-0.15, -0.1) is 5.10 Å². The van der Waals surface area contributed by atoms with Gasteiger partial charge in [0.15, 0.2) is 0 Å². The minimum Gasteiger partial charge on any atom is -0.368 e. The third kappa shape index (κ3) is 2.63. The number of aromatic nitrogens is 4. The second-order valence-electron chi connectivity index (χ2n) is 4.21. The summed E-state index contributed by atoms with van der Waals surface area (Å²) in [6.45, 7) is 2.12. The molecule has 1 aromatic carbocycles. The van der Waals surface area contributed by atoms with Gasteiger partial charge in [-0.3, -0.25) is 0 Å². The summed E-state index contributed by atoms with van der Waals surface area (Å²) in [4.78, 5) is 4.04. The highest BCUT2D eigenvalue weighted by atomic mass is 32.1. The summed E-state index contributed by atoms with van der Waals surface area (Å²) >= 11 is 1.36. The number of imidazole rings is 1. The van der Waals surface area contributed by atoms with Crippen LogP contribution in [0, 0.1) is 0 Å². The van der Waals surface area contributed by atoms with Crippen LogP contribution >= 0.6 is 11.5 Å². The lowest BCUT2D eigenvalue weighted by molar-refractivity contribution is 0.886. The number of nitrogens with zero attached hydrogens (tertiary/aromatic N) is 4. The highest BCUT2D eigenvalue weighted by Crippen LogP contribution is 2.21. The van der Waals surface area contributed by atoms with Gasteiger partial charge in [-0.1, -0.05) is 16.6 Å². The lowest BCUT2D eigenvalue weighted by atomic mass is 10.1. The van der Waals surface area contributed by atoms with E-state index in [9.17, 15) is 0 Å². The summed E-state index contributed by atoms with van der Waals surface area (Å²) in [5, 5.41) is 8.16. The van der Waals surface area contributed by atoms with Gasteiger partial charge in [0, 0.05) is 35.7 Å². The van der Waals surface area contributed by atoms with Gasteiger partial charge in [-0.05, 0) is 24.6 Å². The predicted octanol–water partition coefficient (Wildman–Crippen LogP) is 2.90. The highest BCUT2D eigenvalue weighted by Gasteiger charge is 2.06. The Bertz CT molecular complexity index is 616. The minimum atomic E-state index is 0.221. The van der Waals surface area contributed by atoms with Crippen molar-refractivity contribution in [3.05, 3.63) is 54.7 Å². The summed E-state index contributed by atoms with van der Waals surface area (Å²) in [5.74, 6) is 0. The van der Waals surface area contributed by atoms with Crippen molar-refractivity contribution < 1.29 is 0 Å². The van der Waals surface area contributed by atoms with Crippen molar-refractivity contribution in [2.75, 3.05) is 5.32 Å². The van der Waals surface area contributed by atoms with Crippen molar-refractivity contribution in [3.63, 3.8) is 0 Å². The standard InChI is InChI=1S/C13H13N5S/c1-10(16-13-8-15-17-19-13)11-2-4-12(5-3-11)18-7-6-14-9-18/h2-10,16H,1H3. The Kier molecular flexibility index (Phi) is 3.24. The zero-order valence-electron chi connectivity index (χ0n) is 10.4. The van der Waals surface area contributed by atoms with E-state index in [2.05, 4.69) is 51.1 Å². The van der Waals surface area contributed by atoms with Gasteiger partial charge in [0.05, 0.1) is 12.5 Å². The molecule has 0 saturated heterocycles. The molecule has 2 aromatic heterocycles. The van der Waals surface area contributed by atoms with Gasteiger partial charge in [-0.2, -0.15) is 0 Å². The molecule has 0 saturated carbocycles. The first-order chi connectivity index (χ1) is 9.33. The highest BCUT2D eigenvalue weighted by molar-refractivity contribution is 7.09. The maximum absolute atomic E-state index is 4.04. The average Bonchev–Trinajstić information content (AvgIpc) is 3.12. The lowest BCUT2D eigenvalue weighted by Gasteiger charge is -2.14. The molecular formula is C13H13N5S. The number of nitrogens with one attached hydrogen (secondary N) is 1. The molecule has 0 amide bonds. The smallest absolute Gasteiger partial charge is 0.130 e. The quantitative estimate of drug-likeness (QED) is 0.792. The number of hydrogen-bond donors (Lipinski definition) is 1. The molecular weight excluding hydrogens is 258 g/mol. The molecule has 5 nitrogen and oxygen atoms in total. The van der Waals surface area contributed by atoms with E-state index in [0.29, 0.717) is 0 Å². The fourth-order valence-corrected chi connectivity index (χ4v) is 2.38. The Labute approximate surface area is 115 Å². The zero-order valence-corrected chi connectivity index (χ0v) is 11.2. The molecule has 0 aliphatic rings. The third-order valence-electron chi connectivity index (χ3n) is 2.92.